The van der Waals surface area contributed by atoms with Gasteiger partial charge in [0.05, 0.1) is 25.1 Å². The number of hydrogen-bond acceptors (Lipinski definition) is 3. The Morgan fingerprint density at radius 1 is 1.30 bits per heavy atom. The number of amides is 2. The van der Waals surface area contributed by atoms with Crippen LogP contribution in [-0.4, -0.2) is 25.5 Å². The standard InChI is InChI=1S/C18H20N2O3/c1-11(2)10-23-16-6-4-5-15(22-3)17(16)12-7-8-13-14(9-12)20-18(21)19-13/h4-9,11-12H,10H2,1-3H3,(H,20,21). The van der Waals surface area contributed by atoms with E-state index in [1.807, 2.05) is 36.4 Å². The zero-order chi connectivity index (χ0) is 16.4. The number of hydrogen-bond donors (Lipinski definition) is 1. The molecular formula is C18H20N2O3. The minimum absolute atomic E-state index is 0.0411. The van der Waals surface area contributed by atoms with Crippen molar-refractivity contribution in [2.24, 2.45) is 10.9 Å². The Hall–Kier alpha value is -2.56. The lowest BCUT2D eigenvalue weighted by Crippen LogP contribution is -2.17. The summed E-state index contributed by atoms with van der Waals surface area (Å²) in [5.41, 5.74) is 2.37. The summed E-state index contributed by atoms with van der Waals surface area (Å²) in [6.45, 7) is 4.86. The highest BCUT2D eigenvalue weighted by Gasteiger charge is 2.26. The number of fused-ring (bicyclic) bond motifs is 1. The molecule has 1 aromatic carbocycles. The average molecular weight is 312 g/mol. The number of aliphatic imine (C=N–C) groups is 1. The van der Waals surface area contributed by atoms with Crippen LogP contribution in [0.15, 0.2) is 47.1 Å². The fourth-order valence-corrected chi connectivity index (χ4v) is 2.65. The topological polar surface area (TPSA) is 59.9 Å². The van der Waals surface area contributed by atoms with Gasteiger partial charge in [0.25, 0.3) is 0 Å². The molecule has 5 heteroatoms. The first-order valence-corrected chi connectivity index (χ1v) is 7.68. The predicted molar refractivity (Wildman–Crippen MR) is 89.3 cm³/mol. The number of allylic oxidation sites excluding steroid dienone is 3. The van der Waals surface area contributed by atoms with E-state index in [1.54, 1.807) is 7.11 Å². The van der Waals surface area contributed by atoms with Gasteiger partial charge in [-0.05, 0) is 30.2 Å². The summed E-state index contributed by atoms with van der Waals surface area (Å²) < 4.78 is 11.5. The van der Waals surface area contributed by atoms with Crippen molar-refractivity contribution in [1.29, 1.82) is 0 Å². The van der Waals surface area contributed by atoms with Crippen LogP contribution in [0.25, 0.3) is 0 Å². The summed E-state index contributed by atoms with van der Waals surface area (Å²) in [5.74, 6) is 1.96. The van der Waals surface area contributed by atoms with E-state index in [0.29, 0.717) is 18.2 Å². The molecule has 0 bridgehead atoms. The van der Waals surface area contributed by atoms with E-state index in [0.717, 1.165) is 22.8 Å². The van der Waals surface area contributed by atoms with Crippen LogP contribution < -0.4 is 14.8 Å². The average Bonchev–Trinajstić information content (AvgIpc) is 2.91. The molecule has 1 aliphatic heterocycles. The normalized spacial score (nSPS) is 19.1. The number of methoxy groups -OCH3 is 1. The quantitative estimate of drug-likeness (QED) is 0.906. The van der Waals surface area contributed by atoms with Crippen LogP contribution in [0.2, 0.25) is 0 Å². The molecule has 1 heterocycles. The molecule has 2 amide bonds. The number of carbonyl (C=O) groups excluding carboxylic acids is 1. The monoisotopic (exact) mass is 312 g/mol. The summed E-state index contributed by atoms with van der Waals surface area (Å²) in [7, 11) is 1.65. The number of urea groups is 1. The fraction of sp³-hybridized carbons (Fsp3) is 0.333. The minimum atomic E-state index is -0.326. The van der Waals surface area contributed by atoms with E-state index in [-0.39, 0.29) is 11.9 Å². The smallest absolute Gasteiger partial charge is 0.346 e. The largest absolute Gasteiger partial charge is 0.496 e. The Morgan fingerprint density at radius 2 is 2.09 bits per heavy atom. The van der Waals surface area contributed by atoms with Gasteiger partial charge in [0.1, 0.15) is 11.5 Å². The van der Waals surface area contributed by atoms with Crippen LogP contribution in [0, 0.1) is 5.92 Å². The second kappa shape index (κ2) is 6.28. The number of nitrogens with zero attached hydrogens (tertiary/aromatic N) is 1. The Labute approximate surface area is 135 Å². The molecule has 0 saturated carbocycles. The fourth-order valence-electron chi connectivity index (χ4n) is 2.65. The number of carbonyl (C=O) groups is 1. The highest BCUT2D eigenvalue weighted by atomic mass is 16.5. The molecule has 1 N–H and O–H groups in total. The van der Waals surface area contributed by atoms with E-state index < -0.39 is 0 Å². The highest BCUT2D eigenvalue weighted by molar-refractivity contribution is 6.19. The zero-order valence-corrected chi connectivity index (χ0v) is 13.5. The van der Waals surface area contributed by atoms with Gasteiger partial charge in [-0.2, -0.15) is 4.99 Å². The maximum absolute atomic E-state index is 11.4. The van der Waals surface area contributed by atoms with Gasteiger partial charge in [-0.15, -0.1) is 0 Å². The molecule has 5 nitrogen and oxygen atoms in total. The van der Waals surface area contributed by atoms with Gasteiger partial charge < -0.3 is 14.8 Å². The van der Waals surface area contributed by atoms with Gasteiger partial charge in [0.15, 0.2) is 0 Å². The van der Waals surface area contributed by atoms with Crippen molar-refractivity contribution >= 4 is 11.7 Å². The van der Waals surface area contributed by atoms with Crippen molar-refractivity contribution in [2.45, 2.75) is 19.8 Å². The predicted octanol–water partition coefficient (Wildman–Crippen LogP) is 3.43. The van der Waals surface area contributed by atoms with Gasteiger partial charge in [0.2, 0.25) is 0 Å². The maximum Gasteiger partial charge on any atom is 0.346 e. The third kappa shape index (κ3) is 3.13. The van der Waals surface area contributed by atoms with Crippen molar-refractivity contribution in [1.82, 2.24) is 5.32 Å². The first kappa shape index (κ1) is 15.3. The van der Waals surface area contributed by atoms with E-state index in [2.05, 4.69) is 24.2 Å². The van der Waals surface area contributed by atoms with E-state index >= 15 is 0 Å². The number of nitrogens with one attached hydrogen (secondary N) is 1. The molecule has 1 aliphatic carbocycles. The van der Waals surface area contributed by atoms with Gasteiger partial charge in [-0.3, -0.25) is 0 Å². The molecule has 0 saturated heterocycles. The van der Waals surface area contributed by atoms with E-state index in [9.17, 15) is 4.79 Å². The molecule has 0 radical (unpaired) electrons. The molecule has 1 aromatic rings. The SMILES string of the molecule is COc1cccc(OCC(C)C)c1C1C=CC2=NC(=O)NC2=C1. The van der Waals surface area contributed by atoms with E-state index in [4.69, 9.17) is 9.47 Å². The first-order valence-electron chi connectivity index (χ1n) is 7.68. The number of rotatable bonds is 5. The summed E-state index contributed by atoms with van der Waals surface area (Å²) >= 11 is 0. The zero-order valence-electron chi connectivity index (χ0n) is 13.5. The van der Waals surface area contributed by atoms with Crippen LogP contribution in [0.4, 0.5) is 4.79 Å². The second-order valence-corrected chi connectivity index (χ2v) is 5.97. The molecule has 1 atom stereocenters. The van der Waals surface area contributed by atoms with Gasteiger partial charge >= 0.3 is 6.03 Å². The van der Waals surface area contributed by atoms with Gasteiger partial charge in [-0.25, -0.2) is 4.79 Å². The lowest BCUT2D eigenvalue weighted by molar-refractivity contribution is 0.253. The Kier molecular flexibility index (Phi) is 4.19. The van der Waals surface area contributed by atoms with E-state index in [1.165, 1.54) is 0 Å². The first-order chi connectivity index (χ1) is 11.1. The summed E-state index contributed by atoms with van der Waals surface area (Å²) in [4.78, 5) is 15.3. The van der Waals surface area contributed by atoms with Crippen LogP contribution >= 0.6 is 0 Å². The number of benzene rings is 1. The van der Waals surface area contributed by atoms with Gasteiger partial charge in [0, 0.05) is 11.5 Å². The lowest BCUT2D eigenvalue weighted by atomic mass is 9.91. The maximum atomic E-state index is 11.4. The van der Waals surface area contributed by atoms with Crippen LogP contribution in [-0.2, 0) is 0 Å². The van der Waals surface area contributed by atoms with Gasteiger partial charge in [-0.1, -0.05) is 26.0 Å². The van der Waals surface area contributed by atoms with Crippen LogP contribution in [0.1, 0.15) is 25.3 Å². The third-order valence-corrected chi connectivity index (χ3v) is 3.70. The van der Waals surface area contributed by atoms with Crippen molar-refractivity contribution in [3.63, 3.8) is 0 Å². The Morgan fingerprint density at radius 3 is 2.83 bits per heavy atom. The molecule has 1 unspecified atom stereocenters. The lowest BCUT2D eigenvalue weighted by Gasteiger charge is -2.21. The number of ether oxygens (including phenoxy) is 2. The Bertz CT molecular complexity index is 717. The molecule has 0 aromatic heterocycles. The molecule has 0 spiro atoms. The molecule has 23 heavy (non-hydrogen) atoms. The van der Waals surface area contributed by atoms with Crippen molar-refractivity contribution in [3.05, 3.63) is 47.7 Å². The molecule has 0 fully saturated rings. The summed E-state index contributed by atoms with van der Waals surface area (Å²) in [6, 6.07) is 5.46. The minimum Gasteiger partial charge on any atom is -0.496 e. The van der Waals surface area contributed by atoms with Crippen molar-refractivity contribution in [3.8, 4) is 11.5 Å². The molecular weight excluding hydrogens is 292 g/mol. The second-order valence-electron chi connectivity index (χ2n) is 5.97. The molecule has 3 rings (SSSR count). The Balaban J connectivity index is 1.97. The van der Waals surface area contributed by atoms with Crippen LogP contribution in [0.3, 0.4) is 0 Å². The van der Waals surface area contributed by atoms with Crippen molar-refractivity contribution in [2.75, 3.05) is 13.7 Å². The summed E-state index contributed by atoms with van der Waals surface area (Å²) in [6.07, 6.45) is 5.84. The highest BCUT2D eigenvalue weighted by Crippen LogP contribution is 2.39. The molecule has 2 aliphatic rings. The van der Waals surface area contributed by atoms with Crippen LogP contribution in [0.5, 0.6) is 11.5 Å². The summed E-state index contributed by atoms with van der Waals surface area (Å²) in [5, 5.41) is 2.75. The van der Waals surface area contributed by atoms with Crippen molar-refractivity contribution < 1.29 is 14.3 Å². The third-order valence-electron chi connectivity index (χ3n) is 3.70. The molecule has 120 valence electrons.